The highest BCUT2D eigenvalue weighted by Gasteiger charge is 2.62. The number of amidine groups is 1. The Labute approximate surface area is 194 Å². The number of thiazole rings is 1. The zero-order valence-electron chi connectivity index (χ0n) is 17.7. The van der Waals surface area contributed by atoms with Gasteiger partial charge in [-0.1, -0.05) is 11.3 Å². The first-order valence-corrected chi connectivity index (χ1v) is 10.6. The summed E-state index contributed by atoms with van der Waals surface area (Å²) in [6, 6.07) is 8.60. The molecular formula is C21H17F4N6O2S+. The zero-order valence-corrected chi connectivity index (χ0v) is 18.6. The molecule has 4 rings (SSSR count). The maximum absolute atomic E-state index is 14.7. The number of amides is 1. The number of fused-ring (bicyclic) bond motifs is 1. The summed E-state index contributed by atoms with van der Waals surface area (Å²) in [4.78, 5) is 23.9. The van der Waals surface area contributed by atoms with Crippen molar-refractivity contribution in [2.45, 2.75) is 31.2 Å². The minimum Gasteiger partial charge on any atom is -0.350 e. The summed E-state index contributed by atoms with van der Waals surface area (Å²) in [5.41, 5.74) is 2.22. The Morgan fingerprint density at radius 3 is 2.68 bits per heavy atom. The van der Waals surface area contributed by atoms with Crippen LogP contribution in [-0.2, 0) is 10.3 Å². The van der Waals surface area contributed by atoms with E-state index in [9.17, 15) is 22.4 Å². The number of hydrogen-bond donors (Lipinski definition) is 3. The lowest BCUT2D eigenvalue weighted by Gasteiger charge is -2.37. The largest absolute Gasteiger partial charge is 0.429 e. The monoisotopic (exact) mass is 493 g/mol. The van der Waals surface area contributed by atoms with E-state index in [1.165, 1.54) is 25.1 Å². The molecule has 0 bridgehead atoms. The molecule has 2 atom stereocenters. The Hall–Kier alpha value is -3.63. The molecule has 4 N–H and O–H groups in total. The van der Waals surface area contributed by atoms with Crippen LogP contribution in [0, 0.1) is 17.1 Å². The van der Waals surface area contributed by atoms with Crippen LogP contribution in [0.4, 0.5) is 23.2 Å². The van der Waals surface area contributed by atoms with Crippen molar-refractivity contribution in [1.82, 2.24) is 9.97 Å². The van der Waals surface area contributed by atoms with Gasteiger partial charge in [0, 0.05) is 11.3 Å². The summed E-state index contributed by atoms with van der Waals surface area (Å²) in [5, 5.41) is 11.6. The second-order valence-corrected chi connectivity index (χ2v) is 8.97. The van der Waals surface area contributed by atoms with Crippen LogP contribution >= 0.6 is 11.3 Å². The number of alkyl halides is 3. The van der Waals surface area contributed by atoms with E-state index in [0.29, 0.717) is 10.3 Å². The molecule has 176 valence electrons. The Balaban J connectivity index is 1.63. The van der Waals surface area contributed by atoms with Crippen molar-refractivity contribution in [2.75, 3.05) is 11.9 Å². The van der Waals surface area contributed by atoms with Gasteiger partial charge >= 0.3 is 6.18 Å². The number of pyridine rings is 1. The average Bonchev–Trinajstić information content (AvgIpc) is 3.20. The maximum Gasteiger partial charge on any atom is 0.429 e. The predicted octanol–water partition coefficient (Wildman–Crippen LogP) is 1.96. The van der Waals surface area contributed by atoms with Crippen molar-refractivity contribution in [1.29, 1.82) is 5.26 Å². The fourth-order valence-corrected chi connectivity index (χ4v) is 4.22. The van der Waals surface area contributed by atoms with Crippen LogP contribution in [0.5, 0.6) is 0 Å². The maximum atomic E-state index is 14.7. The van der Waals surface area contributed by atoms with E-state index in [-0.39, 0.29) is 22.0 Å². The van der Waals surface area contributed by atoms with Crippen LogP contribution < -0.4 is 16.0 Å². The van der Waals surface area contributed by atoms with Gasteiger partial charge < -0.3 is 10.1 Å². The molecule has 1 aromatic carbocycles. The number of anilines is 1. The predicted molar refractivity (Wildman–Crippen MR) is 114 cm³/mol. The third kappa shape index (κ3) is 3.95. The van der Waals surface area contributed by atoms with E-state index in [1.807, 2.05) is 6.07 Å². The number of aromatic nitrogens is 2. The van der Waals surface area contributed by atoms with Crippen molar-refractivity contribution >= 4 is 39.1 Å². The van der Waals surface area contributed by atoms with Gasteiger partial charge in [-0.3, -0.25) is 15.5 Å². The molecule has 2 unspecified atom stereocenters. The van der Waals surface area contributed by atoms with Crippen LogP contribution in [-0.4, -0.2) is 40.1 Å². The first-order valence-electron chi connectivity index (χ1n) is 9.77. The van der Waals surface area contributed by atoms with Crippen molar-refractivity contribution < 1.29 is 32.1 Å². The highest BCUT2D eigenvalue weighted by molar-refractivity contribution is 7.20. The lowest BCUT2D eigenvalue weighted by Crippen LogP contribution is -2.94. The van der Waals surface area contributed by atoms with Gasteiger partial charge in [0.15, 0.2) is 10.5 Å². The molecule has 1 amide bonds. The van der Waals surface area contributed by atoms with Crippen molar-refractivity contribution in [3.63, 3.8) is 0 Å². The molecule has 3 aromatic rings. The van der Waals surface area contributed by atoms with Crippen LogP contribution in [0.1, 0.15) is 34.9 Å². The second kappa shape index (κ2) is 8.00. The molecule has 0 saturated heterocycles. The molecule has 0 spiro atoms. The molecule has 1 aliphatic heterocycles. The second-order valence-electron chi connectivity index (χ2n) is 7.99. The first kappa shape index (κ1) is 23.5. The first-order chi connectivity index (χ1) is 15.9. The number of carbonyl (C=O) groups excluding carboxylic acids is 1. The normalized spacial score (nSPS) is 22.8. The number of nitrogens with zero attached hydrogens (tertiary/aromatic N) is 3. The average molecular weight is 493 g/mol. The molecule has 2 aromatic heterocycles. The molecule has 13 heteroatoms. The number of benzene rings is 1. The van der Waals surface area contributed by atoms with Gasteiger partial charge in [-0.15, -0.1) is 0 Å². The third-order valence-electron chi connectivity index (χ3n) is 5.50. The topological polar surface area (TPSA) is 128 Å². The van der Waals surface area contributed by atoms with E-state index >= 15 is 0 Å². The Kier molecular flexibility index (Phi) is 5.53. The minimum absolute atomic E-state index is 0.0536. The van der Waals surface area contributed by atoms with Gasteiger partial charge in [-0.05, 0) is 44.2 Å². The van der Waals surface area contributed by atoms with Crippen LogP contribution in [0.15, 0.2) is 30.3 Å². The number of nitrogens with two attached hydrogens (primary N) is 1. The molecule has 1 aliphatic rings. The number of halogens is 4. The van der Waals surface area contributed by atoms with Gasteiger partial charge in [0.2, 0.25) is 0 Å². The Bertz CT molecular complexity index is 1380. The van der Waals surface area contributed by atoms with Crippen LogP contribution in [0.3, 0.4) is 0 Å². The summed E-state index contributed by atoms with van der Waals surface area (Å²) in [6.45, 7) is 1.68. The molecule has 3 heterocycles. The van der Waals surface area contributed by atoms with Gasteiger partial charge in [0.05, 0.1) is 6.61 Å². The van der Waals surface area contributed by atoms with E-state index in [2.05, 4.69) is 20.3 Å². The van der Waals surface area contributed by atoms with Crippen molar-refractivity contribution in [2.24, 2.45) is 5.73 Å². The number of rotatable bonds is 3. The van der Waals surface area contributed by atoms with Gasteiger partial charge in [0.25, 0.3) is 17.3 Å². The summed E-state index contributed by atoms with van der Waals surface area (Å²) in [7, 11) is 0. The number of carbonyl (C=O) groups is 1. The van der Waals surface area contributed by atoms with Crippen LogP contribution in [0.2, 0.25) is 0 Å². The Morgan fingerprint density at radius 1 is 1.29 bits per heavy atom. The van der Waals surface area contributed by atoms with Gasteiger partial charge in [0.1, 0.15) is 27.9 Å². The van der Waals surface area contributed by atoms with Crippen molar-refractivity contribution in [3.8, 4) is 6.07 Å². The summed E-state index contributed by atoms with van der Waals surface area (Å²) in [5.74, 6) is -2.04. The lowest BCUT2D eigenvalue weighted by molar-refractivity contribution is -0.587. The highest BCUT2D eigenvalue weighted by atomic mass is 32.1. The van der Waals surface area contributed by atoms with E-state index in [4.69, 9.17) is 15.7 Å². The molecule has 0 aliphatic carbocycles. The zero-order chi connectivity index (χ0) is 24.9. The molecule has 34 heavy (non-hydrogen) atoms. The smallest absolute Gasteiger partial charge is 0.350 e. The Morgan fingerprint density at radius 2 is 2.03 bits per heavy atom. The summed E-state index contributed by atoms with van der Waals surface area (Å²) in [6.07, 6.45) is -4.78. The van der Waals surface area contributed by atoms with E-state index < -0.39 is 41.5 Å². The fraction of sp³-hybridized carbons (Fsp3) is 0.286. The summed E-state index contributed by atoms with van der Waals surface area (Å²) < 4.78 is 59.9. The quantitative estimate of drug-likeness (QED) is 0.479. The van der Waals surface area contributed by atoms with Gasteiger partial charge in [-0.2, -0.15) is 18.4 Å². The minimum atomic E-state index is -4.78. The van der Waals surface area contributed by atoms with Crippen molar-refractivity contribution in [3.05, 3.63) is 52.4 Å². The number of ether oxygens (including phenoxy) is 1. The standard InChI is InChI=1S/C21H16F4N6O2S/c1-19(9-33-20(2,18(27)31-19)21(23,24)25)12-7-10(3-5-13(12)22)28-15(32)17-30-14-6-4-11(8-26)29-16(14)34-17/h3-7H,9H2,1-2H3,(H2,27,31)(H,28,32)/p+1. The third-order valence-corrected chi connectivity index (χ3v) is 6.46. The lowest BCUT2D eigenvalue weighted by atomic mass is 9.89. The number of hydrogen-bond acceptors (Lipinski definition) is 7. The summed E-state index contributed by atoms with van der Waals surface area (Å²) >= 11 is 0.973. The molecule has 0 radical (unpaired) electrons. The number of nitrogens with one attached hydrogen (secondary N) is 2. The molecule has 0 fully saturated rings. The number of nitriles is 1. The molecular weight excluding hydrogens is 476 g/mol. The van der Waals surface area contributed by atoms with E-state index in [1.54, 1.807) is 6.07 Å². The fourth-order valence-electron chi connectivity index (χ4n) is 3.39. The van der Waals surface area contributed by atoms with Crippen LogP contribution in [0.25, 0.3) is 10.3 Å². The molecule has 8 nitrogen and oxygen atoms in total. The van der Waals surface area contributed by atoms with Gasteiger partial charge in [-0.25, -0.2) is 14.4 Å². The molecule has 0 saturated carbocycles. The van der Waals surface area contributed by atoms with E-state index in [0.717, 1.165) is 24.3 Å². The SMILES string of the molecule is CC1(c2cc(NC(=O)c3nc4ccc(C#N)nc4s3)ccc2F)COC(C)(C(F)(F)F)C(N)=[NH+]1. The highest BCUT2D eigenvalue weighted by Crippen LogP contribution is 2.36.